The van der Waals surface area contributed by atoms with E-state index in [2.05, 4.69) is 50.0 Å². The minimum Gasteiger partial charge on any atom is -0.324 e. The first-order chi connectivity index (χ1) is 12.8. The number of carbonyl (C=O) groups excluding carboxylic acids is 1. The van der Waals surface area contributed by atoms with Gasteiger partial charge in [0.1, 0.15) is 0 Å². The second-order valence-corrected chi connectivity index (χ2v) is 7.55. The molecule has 0 aliphatic rings. The van der Waals surface area contributed by atoms with Crippen LogP contribution in [0.4, 0.5) is 5.69 Å². The molecule has 27 heavy (non-hydrogen) atoms. The predicted octanol–water partition coefficient (Wildman–Crippen LogP) is 4.84. The van der Waals surface area contributed by atoms with Crippen molar-refractivity contribution in [3.8, 4) is 6.07 Å². The number of hydrogen-bond donors (Lipinski definition) is 1. The molecule has 4 heteroatoms. The maximum atomic E-state index is 12.7. The van der Waals surface area contributed by atoms with Crippen molar-refractivity contribution < 1.29 is 4.79 Å². The number of nitrogens with one attached hydrogen (secondary N) is 1. The summed E-state index contributed by atoms with van der Waals surface area (Å²) in [4.78, 5) is 14.9. The molecule has 0 bridgehead atoms. The van der Waals surface area contributed by atoms with Crippen LogP contribution in [0.2, 0.25) is 0 Å². The Kier molecular flexibility index (Phi) is 7.15. The highest BCUT2D eigenvalue weighted by molar-refractivity contribution is 5.94. The zero-order chi connectivity index (χ0) is 20.0. The molecule has 0 aliphatic heterocycles. The molecule has 0 spiro atoms. The third kappa shape index (κ3) is 5.67. The fourth-order valence-electron chi connectivity index (χ4n) is 3.05. The first kappa shape index (κ1) is 20.7. The highest BCUT2D eigenvalue weighted by atomic mass is 16.2. The number of amides is 1. The van der Waals surface area contributed by atoms with E-state index in [1.165, 1.54) is 0 Å². The number of nitrogens with zero attached hydrogens (tertiary/aromatic N) is 2. The predicted molar refractivity (Wildman–Crippen MR) is 111 cm³/mol. The maximum Gasteiger partial charge on any atom is 0.238 e. The summed E-state index contributed by atoms with van der Waals surface area (Å²) in [5, 5.41) is 12.1. The van der Waals surface area contributed by atoms with Gasteiger partial charge in [0, 0.05) is 18.3 Å². The van der Waals surface area contributed by atoms with Crippen LogP contribution in [0.15, 0.2) is 42.5 Å². The monoisotopic (exact) mass is 363 g/mol. The van der Waals surface area contributed by atoms with Gasteiger partial charge < -0.3 is 5.32 Å². The van der Waals surface area contributed by atoms with Crippen LogP contribution < -0.4 is 5.32 Å². The zero-order valence-corrected chi connectivity index (χ0v) is 16.9. The summed E-state index contributed by atoms with van der Waals surface area (Å²) >= 11 is 0. The van der Waals surface area contributed by atoms with Crippen molar-refractivity contribution in [3.63, 3.8) is 0 Å². The van der Waals surface area contributed by atoms with Crippen LogP contribution in [0.25, 0.3) is 0 Å². The first-order valence-electron chi connectivity index (χ1n) is 9.44. The molecule has 2 rings (SSSR count). The van der Waals surface area contributed by atoms with Crippen LogP contribution in [0.5, 0.6) is 0 Å². The van der Waals surface area contributed by atoms with Gasteiger partial charge in [-0.3, -0.25) is 9.69 Å². The zero-order valence-electron chi connectivity index (χ0n) is 16.9. The molecule has 0 saturated carbocycles. The SMILES string of the molecule is Cc1cccc(C(C)C)c1NC(=O)CN(Cc1ccc(C#N)cc1)C(C)C. The molecule has 2 aromatic rings. The number of para-hydroxylation sites is 1. The van der Waals surface area contributed by atoms with E-state index in [-0.39, 0.29) is 11.9 Å². The molecular formula is C23H29N3O. The third-order valence-corrected chi connectivity index (χ3v) is 4.74. The van der Waals surface area contributed by atoms with Gasteiger partial charge in [-0.25, -0.2) is 0 Å². The molecule has 142 valence electrons. The van der Waals surface area contributed by atoms with E-state index < -0.39 is 0 Å². The summed E-state index contributed by atoms with van der Waals surface area (Å²) in [7, 11) is 0. The summed E-state index contributed by atoms with van der Waals surface area (Å²) < 4.78 is 0. The largest absolute Gasteiger partial charge is 0.324 e. The van der Waals surface area contributed by atoms with Gasteiger partial charge in [-0.2, -0.15) is 5.26 Å². The fraction of sp³-hybridized carbons (Fsp3) is 0.391. The average molecular weight is 364 g/mol. The van der Waals surface area contributed by atoms with E-state index in [0.717, 1.165) is 22.4 Å². The van der Waals surface area contributed by atoms with Gasteiger partial charge in [0.2, 0.25) is 5.91 Å². The summed E-state index contributed by atoms with van der Waals surface area (Å²) in [6, 6.07) is 16.0. The second kappa shape index (κ2) is 9.34. The Morgan fingerprint density at radius 3 is 2.33 bits per heavy atom. The standard InChI is InChI=1S/C23H29N3O/c1-16(2)21-8-6-7-18(5)23(21)25-22(27)15-26(17(3)4)14-20-11-9-19(13-24)10-12-20/h6-12,16-17H,14-15H2,1-5H3,(H,25,27). The van der Waals surface area contributed by atoms with Crippen LogP contribution in [0, 0.1) is 18.3 Å². The minimum atomic E-state index is -0.00598. The Bertz CT molecular complexity index is 817. The lowest BCUT2D eigenvalue weighted by molar-refractivity contribution is -0.117. The Hall–Kier alpha value is -2.64. The number of rotatable bonds is 7. The molecule has 0 saturated heterocycles. The molecule has 1 amide bonds. The lowest BCUT2D eigenvalue weighted by atomic mass is 9.98. The van der Waals surface area contributed by atoms with Crippen LogP contribution in [0.3, 0.4) is 0 Å². The van der Waals surface area contributed by atoms with Crippen molar-refractivity contribution >= 4 is 11.6 Å². The number of benzene rings is 2. The maximum absolute atomic E-state index is 12.7. The van der Waals surface area contributed by atoms with Crippen LogP contribution in [-0.2, 0) is 11.3 Å². The Morgan fingerprint density at radius 1 is 1.11 bits per heavy atom. The number of nitriles is 1. The Labute approximate surface area is 162 Å². The van der Waals surface area contributed by atoms with Crippen molar-refractivity contribution in [3.05, 3.63) is 64.7 Å². The Morgan fingerprint density at radius 2 is 1.78 bits per heavy atom. The number of aryl methyl sites for hydroxylation is 1. The van der Waals surface area contributed by atoms with E-state index >= 15 is 0 Å². The van der Waals surface area contributed by atoms with E-state index in [9.17, 15) is 4.79 Å². The topological polar surface area (TPSA) is 56.1 Å². The molecule has 0 atom stereocenters. The van der Waals surface area contributed by atoms with Crippen molar-refractivity contribution in [2.24, 2.45) is 0 Å². The van der Waals surface area contributed by atoms with Gasteiger partial charge in [-0.05, 0) is 55.5 Å². The summed E-state index contributed by atoms with van der Waals surface area (Å²) in [5.41, 5.74) is 4.91. The molecular weight excluding hydrogens is 334 g/mol. The summed E-state index contributed by atoms with van der Waals surface area (Å²) in [6.45, 7) is 11.5. The average Bonchev–Trinajstić information content (AvgIpc) is 2.63. The summed E-state index contributed by atoms with van der Waals surface area (Å²) in [6.07, 6.45) is 0. The molecule has 0 fully saturated rings. The van der Waals surface area contributed by atoms with Gasteiger partial charge in [-0.15, -0.1) is 0 Å². The number of carbonyl (C=O) groups is 1. The van der Waals surface area contributed by atoms with E-state index in [1.54, 1.807) is 0 Å². The number of anilines is 1. The first-order valence-corrected chi connectivity index (χ1v) is 9.44. The molecule has 0 unspecified atom stereocenters. The van der Waals surface area contributed by atoms with Crippen molar-refractivity contribution in [1.29, 1.82) is 5.26 Å². The van der Waals surface area contributed by atoms with E-state index in [1.807, 2.05) is 43.3 Å². The van der Waals surface area contributed by atoms with E-state index in [0.29, 0.717) is 24.6 Å². The van der Waals surface area contributed by atoms with E-state index in [4.69, 9.17) is 5.26 Å². The second-order valence-electron chi connectivity index (χ2n) is 7.55. The Balaban J connectivity index is 2.10. The normalized spacial score (nSPS) is 11.1. The molecule has 0 heterocycles. The quantitative estimate of drug-likeness (QED) is 0.766. The van der Waals surface area contributed by atoms with Gasteiger partial charge in [0.05, 0.1) is 18.2 Å². The highest BCUT2D eigenvalue weighted by Crippen LogP contribution is 2.27. The molecule has 2 aromatic carbocycles. The lowest BCUT2D eigenvalue weighted by Gasteiger charge is -2.26. The van der Waals surface area contributed by atoms with Crippen LogP contribution in [-0.4, -0.2) is 23.4 Å². The minimum absolute atomic E-state index is 0.00598. The van der Waals surface area contributed by atoms with Crippen LogP contribution >= 0.6 is 0 Å². The lowest BCUT2D eigenvalue weighted by Crippen LogP contribution is -2.37. The molecule has 1 N–H and O–H groups in total. The van der Waals surface area contributed by atoms with Gasteiger partial charge >= 0.3 is 0 Å². The fourth-order valence-corrected chi connectivity index (χ4v) is 3.05. The smallest absolute Gasteiger partial charge is 0.238 e. The van der Waals surface area contributed by atoms with Crippen molar-refractivity contribution in [2.45, 2.75) is 53.1 Å². The molecule has 0 aliphatic carbocycles. The summed E-state index contributed by atoms with van der Waals surface area (Å²) in [5.74, 6) is 0.341. The molecule has 4 nitrogen and oxygen atoms in total. The number of hydrogen-bond acceptors (Lipinski definition) is 3. The van der Waals surface area contributed by atoms with Gasteiger partial charge in [-0.1, -0.05) is 44.2 Å². The van der Waals surface area contributed by atoms with Crippen molar-refractivity contribution in [1.82, 2.24) is 4.90 Å². The van der Waals surface area contributed by atoms with Gasteiger partial charge in [0.25, 0.3) is 0 Å². The molecule has 0 radical (unpaired) electrons. The van der Waals surface area contributed by atoms with Gasteiger partial charge in [0.15, 0.2) is 0 Å². The van der Waals surface area contributed by atoms with Crippen LogP contribution in [0.1, 0.15) is 55.9 Å². The van der Waals surface area contributed by atoms with Crippen molar-refractivity contribution in [2.75, 3.05) is 11.9 Å². The highest BCUT2D eigenvalue weighted by Gasteiger charge is 2.17. The molecule has 0 aromatic heterocycles. The third-order valence-electron chi connectivity index (χ3n) is 4.74.